The molecule has 3 rings (SSSR count). The van der Waals surface area contributed by atoms with Gasteiger partial charge in [0.15, 0.2) is 0 Å². The molecule has 0 spiro atoms. The summed E-state index contributed by atoms with van der Waals surface area (Å²) in [5, 5.41) is 9.01. The van der Waals surface area contributed by atoms with Gasteiger partial charge in [0.2, 0.25) is 10.0 Å². The number of piperazine rings is 1. The topological polar surface area (TPSA) is 88.7 Å². The second-order valence-corrected chi connectivity index (χ2v) is 8.07. The average Bonchev–Trinajstić information content (AvgIpc) is 2.63. The number of nitrogens with one attached hydrogen (secondary N) is 2. The van der Waals surface area contributed by atoms with Crippen LogP contribution in [-0.2, 0) is 14.8 Å². The predicted molar refractivity (Wildman–Crippen MR) is 87.4 cm³/mol. The number of pyridine rings is 1. The van der Waals surface area contributed by atoms with Gasteiger partial charge in [-0.15, -0.1) is 0 Å². The lowest BCUT2D eigenvalue weighted by Crippen LogP contribution is -3.15. The van der Waals surface area contributed by atoms with Gasteiger partial charge in [0.1, 0.15) is 43.8 Å². The van der Waals surface area contributed by atoms with Crippen molar-refractivity contribution in [3.8, 4) is 0 Å². The van der Waals surface area contributed by atoms with E-state index in [2.05, 4.69) is 9.88 Å². The van der Waals surface area contributed by atoms with E-state index < -0.39 is 10.0 Å². The molecule has 8 nitrogen and oxygen atoms in total. The highest BCUT2D eigenvalue weighted by molar-refractivity contribution is 7.89. The number of anilines is 1. The lowest BCUT2D eigenvalue weighted by atomic mass is 10.3. The molecule has 9 heteroatoms. The zero-order chi connectivity index (χ0) is 17.0. The minimum atomic E-state index is -3.45. The molecule has 2 aliphatic heterocycles. The van der Waals surface area contributed by atoms with Crippen molar-refractivity contribution in [3.05, 3.63) is 18.3 Å². The molecule has 24 heavy (non-hydrogen) atoms. The summed E-state index contributed by atoms with van der Waals surface area (Å²) in [5.41, 5.74) is 0. The molecule has 0 aliphatic carbocycles. The summed E-state index contributed by atoms with van der Waals surface area (Å²) in [7, 11) is -3.45. The second-order valence-electron chi connectivity index (χ2n) is 6.14. The Morgan fingerprint density at radius 1 is 1.17 bits per heavy atom. The number of aromatic amines is 1. The Labute approximate surface area is 142 Å². The van der Waals surface area contributed by atoms with Gasteiger partial charge < -0.3 is 14.7 Å². The van der Waals surface area contributed by atoms with Gasteiger partial charge in [-0.25, -0.2) is 13.4 Å². The molecule has 0 bridgehead atoms. The standard InChI is InChI=1S/C15H24N4O4S/c20-10-7-17-3-5-18(6-4-17)15-2-1-14(13-16-15)24(21,22)19-8-11-23-12-9-19/h1-2,13,20H,3-12H2/p+2. The Morgan fingerprint density at radius 3 is 2.46 bits per heavy atom. The van der Waals surface area contributed by atoms with E-state index in [1.54, 1.807) is 12.3 Å². The molecule has 0 atom stereocenters. The van der Waals surface area contributed by atoms with Crippen molar-refractivity contribution >= 4 is 15.8 Å². The zero-order valence-electron chi connectivity index (χ0n) is 13.8. The Kier molecular flexibility index (Phi) is 5.67. The fourth-order valence-electron chi connectivity index (χ4n) is 3.17. The minimum absolute atomic E-state index is 0.218. The van der Waals surface area contributed by atoms with Gasteiger partial charge in [-0.1, -0.05) is 0 Å². The molecule has 1 aromatic heterocycles. The summed E-state index contributed by atoms with van der Waals surface area (Å²) in [5.74, 6) is 0.930. The van der Waals surface area contributed by atoms with Gasteiger partial charge in [-0.3, -0.25) is 4.90 Å². The van der Waals surface area contributed by atoms with Crippen LogP contribution in [0.15, 0.2) is 23.2 Å². The molecule has 1 aromatic rings. The summed E-state index contributed by atoms with van der Waals surface area (Å²) >= 11 is 0. The van der Waals surface area contributed by atoms with Gasteiger partial charge in [0.05, 0.1) is 19.8 Å². The van der Waals surface area contributed by atoms with Gasteiger partial charge in [-0.2, -0.15) is 4.31 Å². The van der Waals surface area contributed by atoms with E-state index in [1.807, 2.05) is 6.07 Å². The lowest BCUT2D eigenvalue weighted by molar-refractivity contribution is -0.901. The largest absolute Gasteiger partial charge is 0.391 e. The molecule has 3 N–H and O–H groups in total. The lowest BCUT2D eigenvalue weighted by Gasteiger charge is -2.28. The number of rotatable bonds is 5. The molecule has 3 heterocycles. The van der Waals surface area contributed by atoms with Crippen LogP contribution < -0.4 is 14.8 Å². The van der Waals surface area contributed by atoms with E-state index in [0.717, 1.165) is 38.5 Å². The first-order valence-corrected chi connectivity index (χ1v) is 9.84. The first kappa shape index (κ1) is 17.6. The Bertz CT molecular complexity index is 623. The highest BCUT2D eigenvalue weighted by atomic mass is 32.2. The van der Waals surface area contributed by atoms with Crippen molar-refractivity contribution in [1.29, 1.82) is 0 Å². The summed E-state index contributed by atoms with van der Waals surface area (Å²) < 4.78 is 31.9. The number of nitrogens with zero attached hydrogens (tertiary/aromatic N) is 2. The maximum absolute atomic E-state index is 12.6. The predicted octanol–water partition coefficient (Wildman–Crippen LogP) is -2.78. The van der Waals surface area contributed by atoms with E-state index in [4.69, 9.17) is 9.84 Å². The van der Waals surface area contributed by atoms with Gasteiger partial charge in [0.25, 0.3) is 5.82 Å². The molecule has 0 unspecified atom stereocenters. The monoisotopic (exact) mass is 358 g/mol. The maximum Gasteiger partial charge on any atom is 0.274 e. The van der Waals surface area contributed by atoms with E-state index in [1.165, 1.54) is 9.21 Å². The molecule has 0 amide bonds. The average molecular weight is 358 g/mol. The maximum atomic E-state index is 12.6. The summed E-state index contributed by atoms with van der Waals surface area (Å²) in [4.78, 5) is 7.04. The zero-order valence-corrected chi connectivity index (χ0v) is 14.6. The van der Waals surface area contributed by atoms with Crippen molar-refractivity contribution in [3.63, 3.8) is 0 Å². The van der Waals surface area contributed by atoms with Crippen LogP contribution in [-0.4, -0.2) is 83.5 Å². The first-order chi connectivity index (χ1) is 11.6. The normalized spacial score (nSPS) is 21.1. The van der Waals surface area contributed by atoms with Crippen molar-refractivity contribution in [2.24, 2.45) is 0 Å². The number of aromatic nitrogens is 1. The quantitative estimate of drug-likeness (QED) is 0.594. The second kappa shape index (κ2) is 7.75. The van der Waals surface area contributed by atoms with Crippen LogP contribution in [0.3, 0.4) is 0 Å². The van der Waals surface area contributed by atoms with E-state index in [9.17, 15) is 8.42 Å². The Morgan fingerprint density at radius 2 is 1.88 bits per heavy atom. The number of aliphatic hydroxyl groups excluding tert-OH is 1. The molecular formula is C15H26N4O4S+2. The minimum Gasteiger partial charge on any atom is -0.391 e. The van der Waals surface area contributed by atoms with E-state index in [-0.39, 0.29) is 11.5 Å². The third-order valence-electron chi connectivity index (χ3n) is 4.65. The number of morpholine rings is 1. The number of sulfonamides is 1. The number of hydrogen-bond acceptors (Lipinski definition) is 5. The molecule has 0 radical (unpaired) electrons. The van der Waals surface area contributed by atoms with Gasteiger partial charge in [-0.05, 0) is 6.07 Å². The molecular weight excluding hydrogens is 332 g/mol. The van der Waals surface area contributed by atoms with Gasteiger partial charge in [0, 0.05) is 19.2 Å². The highest BCUT2D eigenvalue weighted by Gasteiger charge is 2.29. The van der Waals surface area contributed by atoms with Crippen LogP contribution in [0.25, 0.3) is 0 Å². The van der Waals surface area contributed by atoms with Crippen LogP contribution in [0.5, 0.6) is 0 Å². The van der Waals surface area contributed by atoms with E-state index in [0.29, 0.717) is 26.3 Å². The van der Waals surface area contributed by atoms with Crippen LogP contribution in [0.2, 0.25) is 0 Å². The van der Waals surface area contributed by atoms with E-state index >= 15 is 0 Å². The molecule has 134 valence electrons. The Hall–Kier alpha value is -1.26. The molecule has 2 saturated heterocycles. The van der Waals surface area contributed by atoms with Crippen molar-refractivity contribution in [1.82, 2.24) is 4.31 Å². The third-order valence-corrected chi connectivity index (χ3v) is 6.55. The first-order valence-electron chi connectivity index (χ1n) is 8.40. The molecule has 0 aromatic carbocycles. The fraction of sp³-hybridized carbons (Fsp3) is 0.667. The number of quaternary nitrogens is 1. The van der Waals surface area contributed by atoms with Crippen molar-refractivity contribution in [2.75, 3.05) is 70.5 Å². The van der Waals surface area contributed by atoms with Crippen molar-refractivity contribution in [2.45, 2.75) is 4.90 Å². The summed E-state index contributed by atoms with van der Waals surface area (Å²) in [6, 6.07) is 3.51. The van der Waals surface area contributed by atoms with Crippen LogP contribution in [0, 0.1) is 0 Å². The smallest absolute Gasteiger partial charge is 0.274 e. The Balaban J connectivity index is 1.65. The molecule has 2 fully saturated rings. The number of ether oxygens (including phenoxy) is 1. The third kappa shape index (κ3) is 3.86. The van der Waals surface area contributed by atoms with Crippen LogP contribution in [0.4, 0.5) is 5.82 Å². The number of H-pyrrole nitrogens is 1. The molecule has 0 saturated carbocycles. The van der Waals surface area contributed by atoms with Gasteiger partial charge >= 0.3 is 0 Å². The SMILES string of the molecule is O=S(=O)(c1ccc(N2CC[NH+](CCO)CC2)[nH+]c1)N1CCOCC1. The summed E-state index contributed by atoms with van der Waals surface area (Å²) in [6.07, 6.45) is 1.58. The fourth-order valence-corrected chi connectivity index (χ4v) is 4.54. The van der Waals surface area contributed by atoms with Crippen LogP contribution in [0.1, 0.15) is 0 Å². The number of aliphatic hydroxyl groups is 1. The molecule has 2 aliphatic rings. The highest BCUT2D eigenvalue weighted by Crippen LogP contribution is 2.17. The van der Waals surface area contributed by atoms with Crippen LogP contribution >= 0.6 is 0 Å². The van der Waals surface area contributed by atoms with Crippen molar-refractivity contribution < 1.29 is 28.1 Å². The number of hydrogen-bond donors (Lipinski definition) is 2. The summed E-state index contributed by atoms with van der Waals surface area (Å²) in [6.45, 7) is 6.43.